The average molecular weight is 1220 g/mol. The molecule has 0 bridgehead atoms. The maximum absolute atomic E-state index is 15.2. The number of methoxy groups -OCH3 is 1. The summed E-state index contributed by atoms with van der Waals surface area (Å²) in [5, 5.41) is 11.6. The Labute approximate surface area is 515 Å². The minimum Gasteiger partial charge on any atom is -0.497 e. The molecule has 4 aromatic carbocycles. The van der Waals surface area contributed by atoms with E-state index in [9.17, 15) is 28.8 Å². The van der Waals surface area contributed by atoms with Crippen LogP contribution in [0.15, 0.2) is 103 Å². The molecule has 0 saturated carbocycles. The molecule has 12 N–H and O–H groups in total. The minimum atomic E-state index is -1.17. The van der Waals surface area contributed by atoms with Gasteiger partial charge in [0.1, 0.15) is 43.5 Å². The predicted molar refractivity (Wildman–Crippen MR) is 334 cm³/mol. The van der Waals surface area contributed by atoms with E-state index in [2.05, 4.69) is 21.3 Å². The van der Waals surface area contributed by atoms with Gasteiger partial charge in [0.2, 0.25) is 54.1 Å². The van der Waals surface area contributed by atoms with Gasteiger partial charge in [-0.2, -0.15) is 11.8 Å². The number of primary amides is 1. The van der Waals surface area contributed by atoms with Gasteiger partial charge in [-0.05, 0) is 150 Å². The highest BCUT2D eigenvalue weighted by Crippen LogP contribution is 2.33. The second-order valence-corrected chi connectivity index (χ2v) is 22.4. The van der Waals surface area contributed by atoms with E-state index in [-0.39, 0.29) is 64.2 Å². The van der Waals surface area contributed by atoms with E-state index >= 15 is 9.59 Å². The first-order valence-electron chi connectivity index (χ1n) is 29.7. The molecule has 8 amide bonds. The average Bonchev–Trinajstić information content (AvgIpc) is 3.01. The van der Waals surface area contributed by atoms with Crippen molar-refractivity contribution in [2.45, 2.75) is 115 Å². The summed E-state index contributed by atoms with van der Waals surface area (Å²) in [4.78, 5) is 120. The smallest absolute Gasteiger partial charge is 0.243 e. The molecule has 3 unspecified atom stereocenters. The Kier molecular flexibility index (Phi) is 30.3. The van der Waals surface area contributed by atoms with Crippen LogP contribution >= 0.6 is 11.8 Å². The lowest BCUT2D eigenvalue weighted by Crippen LogP contribution is -2.57. The van der Waals surface area contributed by atoms with Crippen molar-refractivity contribution in [1.29, 1.82) is 0 Å². The van der Waals surface area contributed by atoms with Crippen molar-refractivity contribution in [2.24, 2.45) is 22.9 Å². The number of carbonyl (C=O) groups excluding carboxylic acids is 8. The number of hydrogen-bond acceptors (Lipinski definition) is 16. The summed E-state index contributed by atoms with van der Waals surface area (Å²) in [5.41, 5.74) is 26.1. The fraction of sp³-hybridized carbons (Fsp3) is 0.492. The molecule has 0 aliphatic carbocycles. The van der Waals surface area contributed by atoms with Crippen LogP contribution in [0.4, 0.5) is 0 Å². The van der Waals surface area contributed by atoms with Crippen LogP contribution in [-0.4, -0.2) is 170 Å². The normalized spacial score (nSPS) is 13.2. The number of nitrogens with zero attached hydrogens (tertiary/aromatic N) is 4. The van der Waals surface area contributed by atoms with E-state index in [1.165, 1.54) is 38.5 Å². The second kappa shape index (κ2) is 37.7. The van der Waals surface area contributed by atoms with Gasteiger partial charge in [0.15, 0.2) is 11.5 Å². The van der Waals surface area contributed by atoms with Crippen LogP contribution in [-0.2, 0) is 51.4 Å². The predicted octanol–water partition coefficient (Wildman–Crippen LogP) is 3.24. The van der Waals surface area contributed by atoms with Crippen molar-refractivity contribution in [3.05, 3.63) is 125 Å². The fourth-order valence-electron chi connectivity index (χ4n) is 9.74. The zero-order valence-electron chi connectivity index (χ0n) is 50.8. The number of rotatable bonds is 40. The third kappa shape index (κ3) is 23.5. The minimum absolute atomic E-state index is 0.0131. The Morgan fingerprint density at radius 2 is 1.11 bits per heavy atom. The number of ether oxygens (including phenoxy) is 3. The highest BCUT2D eigenvalue weighted by Gasteiger charge is 2.33. The molecule has 1 heterocycles. The number of benzene rings is 4. The van der Waals surface area contributed by atoms with Crippen LogP contribution < -0.4 is 58.4 Å². The Morgan fingerprint density at radius 1 is 0.575 bits per heavy atom. The lowest BCUT2D eigenvalue weighted by molar-refractivity contribution is -0.148. The van der Waals surface area contributed by atoms with Crippen LogP contribution in [0.25, 0.3) is 0 Å². The fourth-order valence-corrected chi connectivity index (χ4v) is 10.2. The first kappa shape index (κ1) is 70.0. The third-order valence-corrected chi connectivity index (χ3v) is 15.6. The van der Waals surface area contributed by atoms with E-state index in [4.69, 9.17) is 37.1 Å². The van der Waals surface area contributed by atoms with Crippen LogP contribution in [0, 0.1) is 0 Å². The van der Waals surface area contributed by atoms with Gasteiger partial charge >= 0.3 is 0 Å². The molecule has 24 heteroatoms. The van der Waals surface area contributed by atoms with E-state index in [1.807, 2.05) is 73.8 Å². The Morgan fingerprint density at radius 3 is 1.72 bits per heavy atom. The number of carbonyl (C=O) groups is 8. The van der Waals surface area contributed by atoms with Crippen molar-refractivity contribution in [1.82, 2.24) is 40.9 Å². The Bertz CT molecular complexity index is 2820. The lowest BCUT2D eigenvalue weighted by Gasteiger charge is -2.34. The monoisotopic (exact) mass is 1220 g/mol. The standard InChI is InChI=1S/C63H90N12O11S/c1-44(48-17-7-5-8-18-48)68-36-57(77)73(38-47-25-28-54-55(35-47)86-43-85-54)41-60(80)75(45(2)49-19-9-6-10-20-49)42-59(79)74(37-46-23-26-50(84-3)27-24-46)40-58(78)72(33-16-15-32-66)39-56(76)69-52(21-11-13-30-64)62(82)71-53(22-12-14-31-65)63(83)70-51(61(67)81)29-34-87-4/h5-10,17-20,23-28,35,44-45,51-53,68H,11-16,21-22,29-34,36-43,64-66H2,1-4H3,(H2,67,81)(H,69,76)(H,70,83)(H,71,82)/t44-,45-,51?,52?,53?/m1/s1. The molecule has 0 aromatic heterocycles. The molecule has 0 saturated heterocycles. The Hall–Kier alpha value is -7.77. The first-order valence-corrected chi connectivity index (χ1v) is 31.1. The van der Waals surface area contributed by atoms with Gasteiger partial charge in [-0.25, -0.2) is 0 Å². The molecular weight excluding hydrogens is 1130 g/mol. The molecule has 5 rings (SSSR count). The third-order valence-electron chi connectivity index (χ3n) is 15.0. The van der Waals surface area contributed by atoms with E-state index in [1.54, 1.807) is 49.4 Å². The molecule has 87 heavy (non-hydrogen) atoms. The summed E-state index contributed by atoms with van der Waals surface area (Å²) >= 11 is 1.48. The van der Waals surface area contributed by atoms with Gasteiger partial charge in [0.25, 0.3) is 0 Å². The number of hydrogen-bond donors (Lipinski definition) is 8. The summed E-state index contributed by atoms with van der Waals surface area (Å²) in [5.74, 6) is -2.67. The zero-order chi connectivity index (χ0) is 63.1. The van der Waals surface area contributed by atoms with Crippen LogP contribution in [0.5, 0.6) is 17.2 Å². The highest BCUT2D eigenvalue weighted by molar-refractivity contribution is 7.98. The topological polar surface area (TPSA) is 329 Å². The Balaban J connectivity index is 1.43. The van der Waals surface area contributed by atoms with Crippen molar-refractivity contribution in [2.75, 3.05) is 84.8 Å². The quantitative estimate of drug-likeness (QED) is 0.0297. The highest BCUT2D eigenvalue weighted by atomic mass is 32.2. The number of nitrogens with two attached hydrogens (primary N) is 4. The molecule has 0 radical (unpaired) electrons. The summed E-state index contributed by atoms with van der Waals surface area (Å²) in [6.45, 7) is 2.58. The van der Waals surface area contributed by atoms with E-state index in [0.717, 1.165) is 5.56 Å². The van der Waals surface area contributed by atoms with Crippen molar-refractivity contribution in [3.8, 4) is 17.2 Å². The van der Waals surface area contributed by atoms with Crippen LogP contribution in [0.3, 0.4) is 0 Å². The van der Waals surface area contributed by atoms with Crippen molar-refractivity contribution < 1.29 is 52.6 Å². The molecule has 4 aromatic rings. The first-order chi connectivity index (χ1) is 42.0. The SMILES string of the molecule is COc1ccc(CN(CC(=O)N(CCCCN)CC(=O)NC(CCCCN)C(=O)NC(CCCCN)C(=O)NC(CCSC)C(N)=O)C(=O)CN(C(=O)CN(Cc2ccc3c(c2)OCO3)C(=O)CN[C@H](C)c2ccccc2)[C@H](C)c2ccccc2)cc1. The van der Waals surface area contributed by atoms with Crippen LogP contribution in [0.1, 0.15) is 106 Å². The summed E-state index contributed by atoms with van der Waals surface area (Å²) < 4.78 is 16.6. The van der Waals surface area contributed by atoms with Gasteiger partial charge in [0.05, 0.1) is 26.2 Å². The molecule has 1 aliphatic heterocycles. The van der Waals surface area contributed by atoms with Gasteiger partial charge in [0, 0.05) is 25.7 Å². The van der Waals surface area contributed by atoms with Crippen molar-refractivity contribution >= 4 is 59.0 Å². The molecule has 474 valence electrons. The number of nitrogens with one attached hydrogen (secondary N) is 4. The summed E-state index contributed by atoms with van der Waals surface area (Å²) in [6.07, 6.45) is 5.34. The lowest BCUT2D eigenvalue weighted by atomic mass is 10.0. The molecule has 1 aliphatic rings. The molecule has 5 atom stereocenters. The summed E-state index contributed by atoms with van der Waals surface area (Å²) in [6, 6.07) is 26.9. The second-order valence-electron chi connectivity index (χ2n) is 21.5. The zero-order valence-corrected chi connectivity index (χ0v) is 51.6. The van der Waals surface area contributed by atoms with Gasteiger partial charge < -0.3 is 78.0 Å². The number of amides is 8. The maximum Gasteiger partial charge on any atom is 0.243 e. The van der Waals surface area contributed by atoms with E-state index < -0.39 is 91.7 Å². The van der Waals surface area contributed by atoms with Gasteiger partial charge in [-0.1, -0.05) is 78.9 Å². The number of thioether (sulfide) groups is 1. The molecule has 23 nitrogen and oxygen atoms in total. The molecule has 0 spiro atoms. The van der Waals surface area contributed by atoms with Gasteiger partial charge in [-0.3, -0.25) is 38.4 Å². The van der Waals surface area contributed by atoms with Gasteiger partial charge in [-0.15, -0.1) is 0 Å². The van der Waals surface area contributed by atoms with Crippen LogP contribution in [0.2, 0.25) is 0 Å². The van der Waals surface area contributed by atoms with E-state index in [0.29, 0.717) is 97.9 Å². The maximum atomic E-state index is 15.2. The largest absolute Gasteiger partial charge is 0.497 e. The molecular formula is C63H90N12O11S. The number of unbranched alkanes of at least 4 members (excludes halogenated alkanes) is 3. The molecule has 0 fully saturated rings. The summed E-state index contributed by atoms with van der Waals surface area (Å²) in [7, 11) is 1.52. The number of fused-ring (bicyclic) bond motifs is 1. The van der Waals surface area contributed by atoms with Crippen molar-refractivity contribution in [3.63, 3.8) is 0 Å².